The summed E-state index contributed by atoms with van der Waals surface area (Å²) in [7, 11) is 0. The molecule has 0 bridgehead atoms. The molecule has 0 saturated heterocycles. The van der Waals surface area contributed by atoms with Gasteiger partial charge in [0.1, 0.15) is 5.82 Å². The molecular weight excluding hydrogens is 263 g/mol. The first kappa shape index (κ1) is 11.9. The number of benzene rings is 1. The summed E-state index contributed by atoms with van der Waals surface area (Å²) in [6.07, 6.45) is 0. The molecule has 0 spiro atoms. The van der Waals surface area contributed by atoms with Crippen molar-refractivity contribution in [2.24, 2.45) is 0 Å². The van der Waals surface area contributed by atoms with E-state index in [4.69, 9.17) is 5.11 Å². The van der Waals surface area contributed by atoms with Crippen molar-refractivity contribution in [1.29, 1.82) is 0 Å². The zero-order chi connectivity index (χ0) is 11.6. The number of carbonyl (C=O) groups is 1. The van der Waals surface area contributed by atoms with Crippen LogP contribution in [-0.4, -0.2) is 11.1 Å². The van der Waals surface area contributed by atoms with E-state index in [1.54, 1.807) is 13.0 Å². The third kappa shape index (κ3) is 2.65. The zero-order valence-electron chi connectivity index (χ0n) is 8.34. The van der Waals surface area contributed by atoms with Crippen LogP contribution in [0.5, 0.6) is 0 Å². The minimum atomic E-state index is -0.969. The molecule has 1 rings (SSSR count). The van der Waals surface area contributed by atoms with Crippen molar-refractivity contribution in [3.8, 4) is 0 Å². The maximum absolute atomic E-state index is 12.8. The summed E-state index contributed by atoms with van der Waals surface area (Å²) in [6, 6.07) is 4.17. The largest absolute Gasteiger partial charge is 0.478 e. The molecule has 0 radical (unpaired) electrons. The number of hydrogen-bond acceptors (Lipinski definition) is 1. The van der Waals surface area contributed by atoms with Gasteiger partial charge in [0.25, 0.3) is 0 Å². The highest BCUT2D eigenvalue weighted by Crippen LogP contribution is 2.27. The smallest absolute Gasteiger partial charge is 0.331 e. The van der Waals surface area contributed by atoms with Gasteiger partial charge in [0.15, 0.2) is 0 Å². The van der Waals surface area contributed by atoms with Gasteiger partial charge in [0, 0.05) is 10.0 Å². The van der Waals surface area contributed by atoms with Crippen LogP contribution < -0.4 is 0 Å². The molecule has 0 saturated carbocycles. The Kier molecular flexibility index (Phi) is 3.63. The van der Waals surface area contributed by atoms with Gasteiger partial charge in [0.05, 0.1) is 0 Å². The molecule has 15 heavy (non-hydrogen) atoms. The number of allylic oxidation sites excluding steroid dienone is 1. The Labute approximate surface area is 95.6 Å². The minimum absolute atomic E-state index is 0.252. The highest BCUT2D eigenvalue weighted by molar-refractivity contribution is 9.10. The van der Waals surface area contributed by atoms with Gasteiger partial charge in [0.2, 0.25) is 0 Å². The maximum Gasteiger partial charge on any atom is 0.331 e. The van der Waals surface area contributed by atoms with E-state index in [0.29, 0.717) is 15.6 Å². The molecule has 0 heterocycles. The van der Waals surface area contributed by atoms with Crippen molar-refractivity contribution in [3.05, 3.63) is 39.6 Å². The fourth-order valence-corrected chi connectivity index (χ4v) is 1.80. The Bertz CT molecular complexity index is 438. The van der Waals surface area contributed by atoms with Crippen molar-refractivity contribution in [2.45, 2.75) is 13.8 Å². The molecule has 1 aromatic carbocycles. The predicted octanol–water partition coefficient (Wildman–Crippen LogP) is 3.47. The fraction of sp³-hybridized carbons (Fsp3) is 0.182. The Morgan fingerprint density at radius 1 is 1.40 bits per heavy atom. The van der Waals surface area contributed by atoms with Crippen LogP contribution in [0.15, 0.2) is 28.2 Å². The minimum Gasteiger partial charge on any atom is -0.478 e. The lowest BCUT2D eigenvalue weighted by Crippen LogP contribution is -1.99. The molecule has 0 unspecified atom stereocenters. The Hall–Kier alpha value is -1.16. The van der Waals surface area contributed by atoms with Gasteiger partial charge in [-0.2, -0.15) is 0 Å². The summed E-state index contributed by atoms with van der Waals surface area (Å²) in [6.45, 7) is 3.22. The van der Waals surface area contributed by atoms with Crippen molar-refractivity contribution < 1.29 is 14.3 Å². The first-order valence-corrected chi connectivity index (χ1v) is 5.09. The van der Waals surface area contributed by atoms with Crippen LogP contribution >= 0.6 is 15.9 Å². The SMILES string of the molecule is C/C(C(=O)O)=C(/C)c1ccc(F)cc1Br. The van der Waals surface area contributed by atoms with E-state index in [9.17, 15) is 9.18 Å². The number of carboxylic acid groups (broad SMARTS) is 1. The van der Waals surface area contributed by atoms with Crippen molar-refractivity contribution in [3.63, 3.8) is 0 Å². The van der Waals surface area contributed by atoms with E-state index in [2.05, 4.69) is 15.9 Å². The molecule has 0 aliphatic carbocycles. The molecule has 1 aromatic rings. The summed E-state index contributed by atoms with van der Waals surface area (Å²) in [5.41, 5.74) is 1.56. The van der Waals surface area contributed by atoms with Crippen LogP contribution in [0.4, 0.5) is 4.39 Å². The highest BCUT2D eigenvalue weighted by atomic mass is 79.9. The predicted molar refractivity (Wildman–Crippen MR) is 60.0 cm³/mol. The lowest BCUT2D eigenvalue weighted by Gasteiger charge is -2.07. The second kappa shape index (κ2) is 4.57. The molecule has 2 nitrogen and oxygen atoms in total. The van der Waals surface area contributed by atoms with Gasteiger partial charge in [-0.05, 0) is 37.1 Å². The van der Waals surface area contributed by atoms with Crippen LogP contribution in [0.2, 0.25) is 0 Å². The molecule has 0 amide bonds. The van der Waals surface area contributed by atoms with Crippen LogP contribution in [0, 0.1) is 5.82 Å². The molecule has 0 fully saturated rings. The Balaban J connectivity index is 3.29. The number of aliphatic carboxylic acids is 1. The summed E-state index contributed by atoms with van der Waals surface area (Å²) < 4.78 is 13.4. The molecule has 1 N–H and O–H groups in total. The standard InChI is InChI=1S/C11H10BrFO2/c1-6(7(2)11(14)15)9-4-3-8(13)5-10(9)12/h3-5H,1-2H3,(H,14,15)/b7-6+. The molecular formula is C11H10BrFO2. The quantitative estimate of drug-likeness (QED) is 0.838. The summed E-state index contributed by atoms with van der Waals surface area (Å²) in [5, 5.41) is 8.81. The molecule has 0 atom stereocenters. The van der Waals surface area contributed by atoms with Crippen LogP contribution in [-0.2, 0) is 4.79 Å². The van der Waals surface area contributed by atoms with Gasteiger partial charge in [-0.1, -0.05) is 22.0 Å². The second-order valence-corrected chi connectivity index (χ2v) is 4.03. The van der Waals surface area contributed by atoms with Gasteiger partial charge in [-0.25, -0.2) is 9.18 Å². The van der Waals surface area contributed by atoms with E-state index in [-0.39, 0.29) is 11.4 Å². The van der Waals surface area contributed by atoms with Gasteiger partial charge in [-0.15, -0.1) is 0 Å². The van der Waals surface area contributed by atoms with Gasteiger partial charge < -0.3 is 5.11 Å². The van der Waals surface area contributed by atoms with E-state index < -0.39 is 5.97 Å². The van der Waals surface area contributed by atoms with Crippen LogP contribution in [0.25, 0.3) is 5.57 Å². The summed E-state index contributed by atoms with van der Waals surface area (Å²) >= 11 is 3.20. The molecule has 0 aliphatic rings. The lowest BCUT2D eigenvalue weighted by atomic mass is 10.0. The summed E-state index contributed by atoms with van der Waals surface area (Å²) in [5.74, 6) is -1.32. The van der Waals surface area contributed by atoms with E-state index in [1.165, 1.54) is 19.1 Å². The van der Waals surface area contributed by atoms with E-state index in [0.717, 1.165) is 0 Å². The Morgan fingerprint density at radius 3 is 2.47 bits per heavy atom. The van der Waals surface area contributed by atoms with Gasteiger partial charge in [-0.3, -0.25) is 0 Å². The molecule has 80 valence electrons. The van der Waals surface area contributed by atoms with Crippen molar-refractivity contribution in [1.82, 2.24) is 0 Å². The molecule has 0 aromatic heterocycles. The number of carboxylic acids is 1. The fourth-order valence-electron chi connectivity index (χ4n) is 1.16. The average molecular weight is 273 g/mol. The van der Waals surface area contributed by atoms with E-state index >= 15 is 0 Å². The normalized spacial score (nSPS) is 12.3. The first-order chi connectivity index (χ1) is 6.93. The monoisotopic (exact) mass is 272 g/mol. The first-order valence-electron chi connectivity index (χ1n) is 4.29. The van der Waals surface area contributed by atoms with Crippen LogP contribution in [0.1, 0.15) is 19.4 Å². The Morgan fingerprint density at radius 2 is 2.00 bits per heavy atom. The number of halogens is 2. The van der Waals surface area contributed by atoms with Crippen molar-refractivity contribution >= 4 is 27.5 Å². The summed E-state index contributed by atoms with van der Waals surface area (Å²) in [4.78, 5) is 10.7. The number of rotatable bonds is 2. The molecule has 0 aliphatic heterocycles. The number of hydrogen-bond donors (Lipinski definition) is 1. The third-order valence-corrected chi connectivity index (χ3v) is 2.87. The van der Waals surface area contributed by atoms with E-state index in [1.807, 2.05) is 0 Å². The zero-order valence-corrected chi connectivity index (χ0v) is 9.93. The molecule has 4 heteroatoms. The maximum atomic E-state index is 12.8. The lowest BCUT2D eigenvalue weighted by molar-refractivity contribution is -0.132. The third-order valence-electron chi connectivity index (χ3n) is 2.22. The topological polar surface area (TPSA) is 37.3 Å². The van der Waals surface area contributed by atoms with Crippen LogP contribution in [0.3, 0.4) is 0 Å². The average Bonchev–Trinajstić information content (AvgIpc) is 2.15. The highest BCUT2D eigenvalue weighted by Gasteiger charge is 2.10. The van der Waals surface area contributed by atoms with Crippen molar-refractivity contribution in [2.75, 3.05) is 0 Å². The second-order valence-electron chi connectivity index (χ2n) is 3.18. The van der Waals surface area contributed by atoms with Gasteiger partial charge >= 0.3 is 5.97 Å².